The highest BCUT2D eigenvalue weighted by Crippen LogP contribution is 2.35. The fourth-order valence-electron chi connectivity index (χ4n) is 9.27. The Morgan fingerprint density at radius 3 is 1.75 bits per heavy atom. The van der Waals surface area contributed by atoms with E-state index in [1.54, 1.807) is 6.33 Å². The van der Waals surface area contributed by atoms with Gasteiger partial charge in [0, 0.05) is 42.6 Å². The van der Waals surface area contributed by atoms with Gasteiger partial charge in [0.05, 0.1) is 102 Å². The first kappa shape index (κ1) is 44.2. The van der Waals surface area contributed by atoms with Gasteiger partial charge in [0.25, 0.3) is 11.8 Å². The molecule has 4 aromatic heterocycles. The number of fused-ring (bicyclic) bond motifs is 2. The van der Waals surface area contributed by atoms with Crippen molar-refractivity contribution < 1.29 is 19.1 Å². The first-order chi connectivity index (χ1) is 32.9. The van der Waals surface area contributed by atoms with Gasteiger partial charge in [-0.25, -0.2) is 29.9 Å². The largest absolute Gasteiger partial charge is 0.378 e. The van der Waals surface area contributed by atoms with Crippen LogP contribution in [0.1, 0.15) is 55.6 Å². The lowest BCUT2D eigenvalue weighted by molar-refractivity contribution is -0.0420. The molecule has 2 aliphatic heterocycles. The van der Waals surface area contributed by atoms with Crippen molar-refractivity contribution in [3.63, 3.8) is 0 Å². The maximum Gasteiger partial charge on any atom is 0.271 e. The number of carbonyl (C=O) groups excluding carboxylic acids is 2. The number of aryl methyl sites for hydroxylation is 3. The normalized spacial score (nSPS) is 18.0. The Morgan fingerprint density at radius 2 is 1.18 bits per heavy atom. The molecule has 0 radical (unpaired) electrons. The Kier molecular flexibility index (Phi) is 11.8. The second-order valence-corrected chi connectivity index (χ2v) is 17.5. The van der Waals surface area contributed by atoms with Gasteiger partial charge in [-0.1, -0.05) is 48.5 Å². The number of nitrogens with two attached hydrogens (primary N) is 2. The molecule has 18 heteroatoms. The zero-order chi connectivity index (χ0) is 47.2. The molecule has 6 N–H and O–H groups in total. The lowest BCUT2D eigenvalue weighted by Crippen LogP contribution is -2.47. The maximum absolute atomic E-state index is 12.9. The van der Waals surface area contributed by atoms with Crippen LogP contribution in [0.2, 0.25) is 0 Å². The summed E-state index contributed by atoms with van der Waals surface area (Å²) < 4.78 is 16.0. The van der Waals surface area contributed by atoms with E-state index in [0.717, 1.165) is 68.8 Å². The molecule has 2 fully saturated rings. The summed E-state index contributed by atoms with van der Waals surface area (Å²) in [6.45, 7) is 7.60. The molecule has 18 nitrogen and oxygen atoms in total. The van der Waals surface area contributed by atoms with Gasteiger partial charge >= 0.3 is 0 Å². The summed E-state index contributed by atoms with van der Waals surface area (Å²) in [6, 6.07) is 27.9. The van der Waals surface area contributed by atoms with Gasteiger partial charge in [0.15, 0.2) is 23.0 Å². The number of morpholine rings is 2. The number of carbonyl (C=O) groups is 2. The van der Waals surface area contributed by atoms with Crippen molar-refractivity contribution in [3.8, 4) is 22.5 Å². The number of primary amides is 2. The topological polar surface area (TPSA) is 222 Å². The van der Waals surface area contributed by atoms with Crippen molar-refractivity contribution in [2.75, 3.05) is 57.7 Å². The summed E-state index contributed by atoms with van der Waals surface area (Å²) in [5.74, 6) is -0.833. The van der Waals surface area contributed by atoms with Crippen LogP contribution in [0.15, 0.2) is 97.6 Å². The maximum atomic E-state index is 12.9. The van der Waals surface area contributed by atoms with Crippen LogP contribution >= 0.6 is 0 Å². The molecule has 4 aromatic carbocycles. The van der Waals surface area contributed by atoms with Gasteiger partial charge in [-0.15, -0.1) is 0 Å². The number of ether oxygens (including phenoxy) is 2. The SMILES string of the molecule is Cc1nc(Nc2ccc([C@H]3COCC(Cn4cnc5c(-c6nc(C(N)=O)c(Nc7ccc([C@@H]8COCCN8C)cc7)nc6C)cccc54)N3C)cc2)c(C(N)=O)nc1-c1cccc2c1ncn2C. The van der Waals surface area contributed by atoms with Crippen molar-refractivity contribution >= 4 is 56.9 Å². The minimum Gasteiger partial charge on any atom is -0.378 e. The molecule has 2 saturated heterocycles. The number of rotatable bonds is 12. The fourth-order valence-corrected chi connectivity index (χ4v) is 9.27. The predicted molar refractivity (Wildman–Crippen MR) is 260 cm³/mol. The van der Waals surface area contributed by atoms with Crippen molar-refractivity contribution in [2.24, 2.45) is 18.5 Å². The highest BCUT2D eigenvalue weighted by molar-refractivity contribution is 5.99. The number of benzene rings is 4. The number of hydrogen-bond donors (Lipinski definition) is 4. The minimum atomic E-state index is -0.695. The smallest absolute Gasteiger partial charge is 0.271 e. The van der Waals surface area contributed by atoms with Crippen molar-refractivity contribution in [2.45, 2.75) is 38.5 Å². The molecule has 8 aromatic rings. The minimum absolute atomic E-state index is 0.0127. The quantitative estimate of drug-likeness (QED) is 0.107. The van der Waals surface area contributed by atoms with Crippen molar-refractivity contribution in [3.05, 3.63) is 131 Å². The van der Waals surface area contributed by atoms with Gasteiger partial charge in [-0.3, -0.25) is 19.4 Å². The fraction of sp³-hybridized carbons (Fsp3) is 0.280. The van der Waals surface area contributed by atoms with Crippen LogP contribution in [0.5, 0.6) is 0 Å². The Bertz CT molecular complexity index is 3200. The summed E-state index contributed by atoms with van der Waals surface area (Å²) in [5, 5.41) is 6.55. The summed E-state index contributed by atoms with van der Waals surface area (Å²) in [6.07, 6.45) is 3.58. The van der Waals surface area contributed by atoms with Crippen LogP contribution in [-0.4, -0.2) is 114 Å². The van der Waals surface area contributed by atoms with Crippen molar-refractivity contribution in [1.82, 2.24) is 48.8 Å². The van der Waals surface area contributed by atoms with E-state index >= 15 is 0 Å². The first-order valence-electron chi connectivity index (χ1n) is 22.4. The Hall–Kier alpha value is -7.64. The average molecular weight is 913 g/mol. The number of amides is 2. The van der Waals surface area contributed by atoms with Gasteiger partial charge in [-0.2, -0.15) is 0 Å². The number of para-hydroxylation sites is 2. The van der Waals surface area contributed by atoms with Crippen molar-refractivity contribution in [1.29, 1.82) is 0 Å². The molecule has 0 aliphatic carbocycles. The summed E-state index contributed by atoms with van der Waals surface area (Å²) in [7, 11) is 6.13. The van der Waals surface area contributed by atoms with E-state index in [2.05, 4.69) is 56.2 Å². The zero-order valence-corrected chi connectivity index (χ0v) is 38.5. The number of anilines is 4. The Morgan fingerprint density at radius 1 is 0.647 bits per heavy atom. The van der Waals surface area contributed by atoms with Gasteiger partial charge in [-0.05, 0) is 75.5 Å². The lowest BCUT2D eigenvalue weighted by Gasteiger charge is -2.40. The monoisotopic (exact) mass is 912 g/mol. The highest BCUT2D eigenvalue weighted by atomic mass is 16.5. The van der Waals surface area contributed by atoms with E-state index in [0.29, 0.717) is 49.1 Å². The molecular formula is C50H52N14O4. The number of likely N-dealkylation sites (N-methyl/N-ethyl adjacent to an activating group) is 2. The molecule has 0 bridgehead atoms. The van der Waals surface area contributed by atoms with Crippen LogP contribution in [0.4, 0.5) is 23.0 Å². The highest BCUT2D eigenvalue weighted by Gasteiger charge is 2.31. The zero-order valence-electron chi connectivity index (χ0n) is 38.5. The second kappa shape index (κ2) is 18.2. The summed E-state index contributed by atoms with van der Waals surface area (Å²) >= 11 is 0. The predicted octanol–water partition coefficient (Wildman–Crippen LogP) is 6.21. The molecule has 2 aliphatic rings. The van der Waals surface area contributed by atoms with E-state index in [9.17, 15) is 9.59 Å². The molecule has 0 spiro atoms. The molecule has 0 saturated carbocycles. The van der Waals surface area contributed by atoms with Gasteiger partial charge in [0.2, 0.25) is 0 Å². The summed E-state index contributed by atoms with van der Waals surface area (Å²) in [4.78, 5) is 58.7. The van der Waals surface area contributed by atoms with Crippen LogP contribution in [-0.2, 0) is 23.1 Å². The van der Waals surface area contributed by atoms with E-state index in [4.69, 9.17) is 45.9 Å². The third-order valence-electron chi connectivity index (χ3n) is 13.1. The molecule has 68 heavy (non-hydrogen) atoms. The molecule has 6 heterocycles. The van der Waals surface area contributed by atoms with Crippen LogP contribution < -0.4 is 22.1 Å². The first-order valence-corrected chi connectivity index (χ1v) is 22.4. The molecule has 346 valence electrons. The Labute approximate surface area is 392 Å². The molecule has 1 unspecified atom stereocenters. The standard InChI is InChI=1S/C50H52N14O4/c1-28-41(35-8-6-10-37-43(35)53-26-62(37)4)59-45(47(51)65)49(55-28)58-33-18-14-31(15-19-33)40-25-68-23-34(63(40)5)22-64-27-54-44-36(9-7-11-38(44)64)42-29(2)56-50(46(60-42)48(52)66)57-32-16-12-30(13-17-32)39-24-67-21-20-61(39)3/h6-19,26-27,34,39-40H,20-25H2,1-5H3,(H2,51,65)(H2,52,66)(H,55,58)(H,56,57)/t34?,39-,40+/m0/s1. The number of nitrogens with zero attached hydrogens (tertiary/aromatic N) is 10. The number of hydrogen-bond acceptors (Lipinski definition) is 14. The second-order valence-electron chi connectivity index (χ2n) is 17.5. The van der Waals surface area contributed by atoms with Crippen LogP contribution in [0.25, 0.3) is 44.6 Å². The Balaban J connectivity index is 0.843. The number of nitrogens with one attached hydrogen (secondary N) is 2. The van der Waals surface area contributed by atoms with E-state index in [1.807, 2.05) is 105 Å². The van der Waals surface area contributed by atoms with E-state index in [-0.39, 0.29) is 41.1 Å². The third-order valence-corrected chi connectivity index (χ3v) is 13.1. The van der Waals surface area contributed by atoms with E-state index < -0.39 is 11.8 Å². The van der Waals surface area contributed by atoms with Gasteiger partial charge in [0.1, 0.15) is 0 Å². The average Bonchev–Trinajstić information content (AvgIpc) is 3.93. The molecule has 10 rings (SSSR count). The molecular weight excluding hydrogens is 861 g/mol. The van der Waals surface area contributed by atoms with Crippen LogP contribution in [0, 0.1) is 13.8 Å². The number of imidazole rings is 2. The van der Waals surface area contributed by atoms with E-state index in [1.165, 1.54) is 0 Å². The van der Waals surface area contributed by atoms with Crippen LogP contribution in [0.3, 0.4) is 0 Å². The summed E-state index contributed by atoms with van der Waals surface area (Å²) in [5.41, 5.74) is 22.7. The van der Waals surface area contributed by atoms with Gasteiger partial charge < -0.3 is 40.7 Å². The third kappa shape index (κ3) is 8.38. The lowest BCUT2D eigenvalue weighted by atomic mass is 10.0. The number of aromatic nitrogens is 8. The molecule has 3 atom stereocenters. The molecule has 2 amide bonds.